The first-order chi connectivity index (χ1) is 14.1. The van der Waals surface area contributed by atoms with Crippen molar-refractivity contribution in [3.05, 3.63) is 71.1 Å². The Balaban J connectivity index is 1.44. The molecule has 0 aliphatic heterocycles. The molecule has 0 saturated carbocycles. The van der Waals surface area contributed by atoms with E-state index in [1.165, 1.54) is 0 Å². The van der Waals surface area contributed by atoms with Gasteiger partial charge in [-0.1, -0.05) is 18.2 Å². The van der Waals surface area contributed by atoms with Gasteiger partial charge >= 0.3 is 0 Å². The van der Waals surface area contributed by atoms with Gasteiger partial charge in [0, 0.05) is 41.5 Å². The van der Waals surface area contributed by atoms with E-state index >= 15 is 0 Å². The monoisotopic (exact) mass is 390 g/mol. The van der Waals surface area contributed by atoms with Crippen LogP contribution in [0.1, 0.15) is 33.0 Å². The van der Waals surface area contributed by atoms with Crippen LogP contribution in [0, 0.1) is 13.8 Å². The summed E-state index contributed by atoms with van der Waals surface area (Å²) in [4.78, 5) is 21.4. The summed E-state index contributed by atoms with van der Waals surface area (Å²) in [5.74, 6) is 0.489. The molecule has 29 heavy (non-hydrogen) atoms. The van der Waals surface area contributed by atoms with Crippen LogP contribution in [-0.4, -0.2) is 32.6 Å². The molecular weight excluding hydrogens is 368 g/mol. The van der Waals surface area contributed by atoms with Gasteiger partial charge in [-0.15, -0.1) is 0 Å². The number of anilines is 1. The van der Waals surface area contributed by atoms with Crippen LogP contribution in [0.2, 0.25) is 0 Å². The van der Waals surface area contributed by atoms with Crippen molar-refractivity contribution in [2.75, 3.05) is 11.9 Å². The molecule has 1 amide bonds. The van der Waals surface area contributed by atoms with Crippen LogP contribution in [0.15, 0.2) is 47.3 Å². The second-order valence-electron chi connectivity index (χ2n) is 6.83. The summed E-state index contributed by atoms with van der Waals surface area (Å²) < 4.78 is 5.52. The fourth-order valence-electron chi connectivity index (χ4n) is 3.07. The average Bonchev–Trinajstić information content (AvgIpc) is 3.39. The Hall–Kier alpha value is -3.68. The Kier molecular flexibility index (Phi) is 5.24. The summed E-state index contributed by atoms with van der Waals surface area (Å²) in [5, 5.41) is 13.9. The third-order valence-corrected chi connectivity index (χ3v) is 4.85. The highest BCUT2D eigenvalue weighted by Gasteiger charge is 2.15. The van der Waals surface area contributed by atoms with Crippen LogP contribution >= 0.6 is 0 Å². The van der Waals surface area contributed by atoms with Gasteiger partial charge in [-0.05, 0) is 31.9 Å². The fourth-order valence-corrected chi connectivity index (χ4v) is 3.07. The molecule has 3 heterocycles. The lowest BCUT2D eigenvalue weighted by Crippen LogP contribution is -2.26. The van der Waals surface area contributed by atoms with Crippen LogP contribution in [0.5, 0.6) is 0 Å². The SMILES string of the molecule is Cc1nc(C(=O)NCc2coc3ccccc23)nc(NCCc2cn[nH]c2)c1C. The third kappa shape index (κ3) is 4.11. The van der Waals surface area contributed by atoms with Crippen molar-refractivity contribution in [2.45, 2.75) is 26.8 Å². The molecular formula is C21H22N6O2. The van der Waals surface area contributed by atoms with E-state index in [-0.39, 0.29) is 11.7 Å². The number of carbonyl (C=O) groups excluding carboxylic acids is 1. The van der Waals surface area contributed by atoms with E-state index in [2.05, 4.69) is 30.8 Å². The molecule has 148 valence electrons. The van der Waals surface area contributed by atoms with Crippen molar-refractivity contribution in [3.8, 4) is 0 Å². The summed E-state index contributed by atoms with van der Waals surface area (Å²) in [6.45, 7) is 4.84. The second kappa shape index (κ2) is 8.14. The first-order valence-electron chi connectivity index (χ1n) is 9.42. The minimum atomic E-state index is -0.323. The molecule has 0 spiro atoms. The fraction of sp³-hybridized carbons (Fsp3) is 0.238. The number of nitrogens with one attached hydrogen (secondary N) is 3. The maximum absolute atomic E-state index is 12.6. The van der Waals surface area contributed by atoms with Crippen molar-refractivity contribution in [2.24, 2.45) is 0 Å². The highest BCUT2D eigenvalue weighted by molar-refractivity contribution is 5.91. The smallest absolute Gasteiger partial charge is 0.289 e. The number of aromatic amines is 1. The number of H-pyrrole nitrogens is 1. The van der Waals surface area contributed by atoms with Gasteiger partial charge in [-0.2, -0.15) is 5.10 Å². The quantitative estimate of drug-likeness (QED) is 0.447. The maximum Gasteiger partial charge on any atom is 0.289 e. The van der Waals surface area contributed by atoms with E-state index < -0.39 is 0 Å². The molecule has 0 bridgehead atoms. The van der Waals surface area contributed by atoms with Gasteiger partial charge in [0.25, 0.3) is 5.91 Å². The van der Waals surface area contributed by atoms with E-state index in [0.29, 0.717) is 18.9 Å². The zero-order valence-electron chi connectivity index (χ0n) is 16.3. The van der Waals surface area contributed by atoms with Crippen molar-refractivity contribution >= 4 is 22.7 Å². The number of carbonyl (C=O) groups is 1. The molecule has 3 N–H and O–H groups in total. The van der Waals surface area contributed by atoms with E-state index in [4.69, 9.17) is 4.42 Å². The predicted octanol–water partition coefficient (Wildman–Crippen LogP) is 3.15. The molecule has 8 nitrogen and oxygen atoms in total. The number of hydrogen-bond acceptors (Lipinski definition) is 6. The zero-order valence-corrected chi connectivity index (χ0v) is 16.3. The Morgan fingerprint density at radius 2 is 2.07 bits per heavy atom. The van der Waals surface area contributed by atoms with Gasteiger partial charge in [0.1, 0.15) is 11.4 Å². The highest BCUT2D eigenvalue weighted by atomic mass is 16.3. The van der Waals surface area contributed by atoms with Crippen molar-refractivity contribution in [1.29, 1.82) is 0 Å². The van der Waals surface area contributed by atoms with E-state index in [0.717, 1.165) is 39.8 Å². The van der Waals surface area contributed by atoms with Gasteiger partial charge in [-0.3, -0.25) is 9.89 Å². The van der Waals surface area contributed by atoms with Gasteiger partial charge in [-0.25, -0.2) is 9.97 Å². The predicted molar refractivity (Wildman–Crippen MR) is 110 cm³/mol. The average molecular weight is 390 g/mol. The number of rotatable bonds is 7. The second-order valence-corrected chi connectivity index (χ2v) is 6.83. The molecule has 4 aromatic rings. The van der Waals surface area contributed by atoms with Crippen LogP contribution in [0.25, 0.3) is 11.0 Å². The third-order valence-electron chi connectivity index (χ3n) is 4.85. The largest absolute Gasteiger partial charge is 0.464 e. The Labute approximate surface area is 167 Å². The van der Waals surface area contributed by atoms with Gasteiger partial charge in [0.2, 0.25) is 5.82 Å². The number of para-hydroxylation sites is 1. The molecule has 4 rings (SSSR count). The van der Waals surface area contributed by atoms with Crippen LogP contribution in [-0.2, 0) is 13.0 Å². The Morgan fingerprint density at radius 1 is 1.21 bits per heavy atom. The lowest BCUT2D eigenvalue weighted by molar-refractivity contribution is 0.0940. The molecule has 0 saturated heterocycles. The summed E-state index contributed by atoms with van der Waals surface area (Å²) in [7, 11) is 0. The molecule has 0 aliphatic rings. The topological polar surface area (TPSA) is 109 Å². The lowest BCUT2D eigenvalue weighted by Gasteiger charge is -2.12. The first-order valence-corrected chi connectivity index (χ1v) is 9.42. The number of fused-ring (bicyclic) bond motifs is 1. The number of aromatic nitrogens is 4. The number of hydrogen-bond donors (Lipinski definition) is 3. The summed E-state index contributed by atoms with van der Waals surface area (Å²) >= 11 is 0. The number of benzene rings is 1. The minimum absolute atomic E-state index is 0.145. The number of aryl methyl sites for hydroxylation is 1. The standard InChI is InChI=1S/C21H22N6O2/c1-13-14(2)26-20(27-19(13)22-8-7-15-9-24-25-10-15)21(28)23-11-16-12-29-18-6-4-3-5-17(16)18/h3-6,9-10,12H,7-8,11H2,1-2H3,(H,23,28)(H,24,25)(H,22,26,27). The first kappa shape index (κ1) is 18.7. The maximum atomic E-state index is 12.6. The molecule has 1 aromatic carbocycles. The number of furan rings is 1. The van der Waals surface area contributed by atoms with Crippen molar-refractivity contribution in [1.82, 2.24) is 25.5 Å². The van der Waals surface area contributed by atoms with E-state index in [9.17, 15) is 4.79 Å². The van der Waals surface area contributed by atoms with E-state index in [1.807, 2.05) is 44.3 Å². The number of amides is 1. The number of nitrogens with zero attached hydrogens (tertiary/aromatic N) is 3. The van der Waals surface area contributed by atoms with Crippen LogP contribution < -0.4 is 10.6 Å². The summed E-state index contributed by atoms with van der Waals surface area (Å²) in [5.41, 5.74) is 4.50. The van der Waals surface area contributed by atoms with Gasteiger partial charge < -0.3 is 15.1 Å². The Morgan fingerprint density at radius 3 is 2.90 bits per heavy atom. The lowest BCUT2D eigenvalue weighted by atomic mass is 10.2. The van der Waals surface area contributed by atoms with Crippen LogP contribution in [0.4, 0.5) is 5.82 Å². The molecule has 0 radical (unpaired) electrons. The summed E-state index contributed by atoms with van der Waals surface area (Å²) in [6.07, 6.45) is 6.11. The van der Waals surface area contributed by atoms with E-state index in [1.54, 1.807) is 12.5 Å². The van der Waals surface area contributed by atoms with Crippen molar-refractivity contribution < 1.29 is 9.21 Å². The van der Waals surface area contributed by atoms with Crippen LogP contribution in [0.3, 0.4) is 0 Å². The summed E-state index contributed by atoms with van der Waals surface area (Å²) in [6, 6.07) is 7.72. The minimum Gasteiger partial charge on any atom is -0.464 e. The highest BCUT2D eigenvalue weighted by Crippen LogP contribution is 2.20. The molecule has 0 aliphatic carbocycles. The van der Waals surface area contributed by atoms with Gasteiger partial charge in [0.05, 0.1) is 12.5 Å². The molecule has 0 fully saturated rings. The normalized spacial score (nSPS) is 11.0. The zero-order chi connectivity index (χ0) is 20.2. The Bertz CT molecular complexity index is 1130. The molecule has 0 atom stereocenters. The van der Waals surface area contributed by atoms with Gasteiger partial charge in [0.15, 0.2) is 0 Å². The molecule has 8 heteroatoms. The van der Waals surface area contributed by atoms with Crippen molar-refractivity contribution in [3.63, 3.8) is 0 Å². The molecule has 3 aromatic heterocycles. The molecule has 0 unspecified atom stereocenters.